The Balaban J connectivity index is 1.18. The summed E-state index contributed by atoms with van der Waals surface area (Å²) in [5, 5.41) is 1.12. The number of aromatic nitrogens is 1. The number of nitrogens with two attached hydrogens (primary N) is 1. The summed E-state index contributed by atoms with van der Waals surface area (Å²) in [6.07, 6.45) is 6.01. The molecular formula is C29H32N4O3. The highest BCUT2D eigenvalue weighted by Gasteiger charge is 2.46. The first-order chi connectivity index (χ1) is 17.5. The number of ether oxygens (including phenoxy) is 1. The monoisotopic (exact) mass is 484 g/mol. The molecule has 2 aromatic carbocycles. The van der Waals surface area contributed by atoms with Crippen molar-refractivity contribution in [3.63, 3.8) is 0 Å². The van der Waals surface area contributed by atoms with E-state index in [-0.39, 0.29) is 36.5 Å². The molecule has 1 spiro atoms. The number of hydrogen-bond acceptors (Lipinski definition) is 5. The fourth-order valence-corrected chi connectivity index (χ4v) is 5.80. The van der Waals surface area contributed by atoms with Crippen LogP contribution in [0.15, 0.2) is 60.8 Å². The first-order valence-electron chi connectivity index (χ1n) is 12.9. The summed E-state index contributed by atoms with van der Waals surface area (Å²) in [5.74, 6) is -0.177. The van der Waals surface area contributed by atoms with E-state index in [0.29, 0.717) is 12.6 Å². The van der Waals surface area contributed by atoms with Gasteiger partial charge < -0.3 is 15.4 Å². The van der Waals surface area contributed by atoms with Gasteiger partial charge >= 0.3 is 0 Å². The number of morpholine rings is 1. The highest BCUT2D eigenvalue weighted by Crippen LogP contribution is 2.38. The van der Waals surface area contributed by atoms with Crippen molar-refractivity contribution in [1.29, 1.82) is 0 Å². The third-order valence-corrected chi connectivity index (χ3v) is 8.05. The molecule has 1 saturated carbocycles. The Kier molecular flexibility index (Phi) is 5.97. The van der Waals surface area contributed by atoms with Crippen LogP contribution in [-0.2, 0) is 14.3 Å². The number of pyridine rings is 1. The van der Waals surface area contributed by atoms with Crippen LogP contribution in [0.5, 0.6) is 0 Å². The standard InChI is InChI=1S/C29H32N4O3/c30-27(34)17-26(32-14-11-29(12-15-32)19-33(24-9-10-24)28(35)18-36-29)22-6-3-20(4-7-22)23-8-5-21-2-1-13-31-25(21)16-23/h1-8,13,16,24,26H,9-12,14-15,17-19H2,(H2,30,34). The number of carbonyl (C=O) groups is 2. The van der Waals surface area contributed by atoms with Crippen molar-refractivity contribution in [2.24, 2.45) is 5.73 Å². The average Bonchev–Trinajstić information content (AvgIpc) is 3.75. The number of benzene rings is 2. The van der Waals surface area contributed by atoms with Gasteiger partial charge in [-0.05, 0) is 54.5 Å². The lowest BCUT2D eigenvalue weighted by atomic mass is 9.87. The van der Waals surface area contributed by atoms with E-state index in [1.165, 1.54) is 0 Å². The van der Waals surface area contributed by atoms with E-state index in [9.17, 15) is 9.59 Å². The smallest absolute Gasteiger partial charge is 0.248 e. The van der Waals surface area contributed by atoms with E-state index in [2.05, 4.69) is 58.4 Å². The minimum absolute atomic E-state index is 0.0723. The second-order valence-electron chi connectivity index (χ2n) is 10.5. The number of piperidine rings is 1. The number of rotatable bonds is 6. The summed E-state index contributed by atoms with van der Waals surface area (Å²) >= 11 is 0. The van der Waals surface area contributed by atoms with Gasteiger partial charge in [0.1, 0.15) is 6.61 Å². The Morgan fingerprint density at radius 1 is 1.08 bits per heavy atom. The normalized spacial score (nSPS) is 21.1. The Labute approximate surface area is 211 Å². The molecule has 1 aliphatic carbocycles. The number of amides is 2. The number of hydrogen-bond donors (Lipinski definition) is 1. The van der Waals surface area contributed by atoms with E-state index in [1.54, 1.807) is 0 Å². The molecule has 36 heavy (non-hydrogen) atoms. The highest BCUT2D eigenvalue weighted by atomic mass is 16.5. The van der Waals surface area contributed by atoms with E-state index < -0.39 is 0 Å². The van der Waals surface area contributed by atoms with E-state index >= 15 is 0 Å². The number of fused-ring (bicyclic) bond motifs is 1. The second kappa shape index (κ2) is 9.30. The minimum Gasteiger partial charge on any atom is -0.370 e. The fourth-order valence-electron chi connectivity index (χ4n) is 5.80. The number of nitrogens with zero attached hydrogens (tertiary/aromatic N) is 3. The molecule has 3 heterocycles. The molecule has 1 aromatic heterocycles. The number of carbonyl (C=O) groups excluding carboxylic acids is 2. The van der Waals surface area contributed by atoms with E-state index in [1.807, 2.05) is 17.2 Å². The van der Waals surface area contributed by atoms with Crippen molar-refractivity contribution in [1.82, 2.24) is 14.8 Å². The molecule has 3 aliphatic rings. The van der Waals surface area contributed by atoms with Gasteiger partial charge in [0.2, 0.25) is 11.8 Å². The van der Waals surface area contributed by atoms with Crippen LogP contribution in [0.2, 0.25) is 0 Å². The lowest BCUT2D eigenvalue weighted by Gasteiger charge is -2.48. The van der Waals surface area contributed by atoms with E-state index in [0.717, 1.165) is 66.4 Å². The summed E-state index contributed by atoms with van der Waals surface area (Å²) in [4.78, 5) is 33.2. The molecule has 6 rings (SSSR count). The average molecular weight is 485 g/mol. The van der Waals surface area contributed by atoms with Crippen molar-refractivity contribution < 1.29 is 14.3 Å². The van der Waals surface area contributed by atoms with Crippen LogP contribution in [0.1, 0.15) is 43.7 Å². The molecule has 0 radical (unpaired) electrons. The van der Waals surface area contributed by atoms with Crippen LogP contribution in [0.3, 0.4) is 0 Å². The van der Waals surface area contributed by atoms with Crippen LogP contribution in [0, 0.1) is 0 Å². The SMILES string of the molecule is NC(=O)CC(c1ccc(-c2ccc3cccnc3c2)cc1)N1CCC2(CC1)CN(C1CC1)C(=O)CO2. The third kappa shape index (κ3) is 4.61. The van der Waals surface area contributed by atoms with Gasteiger partial charge in [0, 0.05) is 43.2 Å². The summed E-state index contributed by atoms with van der Waals surface area (Å²) in [6.45, 7) is 2.50. The fraction of sp³-hybridized carbons (Fsp3) is 0.414. The first-order valence-corrected chi connectivity index (χ1v) is 12.9. The lowest BCUT2D eigenvalue weighted by Crippen LogP contribution is -2.59. The van der Waals surface area contributed by atoms with Gasteiger partial charge in [-0.15, -0.1) is 0 Å². The molecule has 186 valence electrons. The summed E-state index contributed by atoms with van der Waals surface area (Å²) < 4.78 is 6.12. The number of primary amides is 1. The topological polar surface area (TPSA) is 88.8 Å². The Morgan fingerprint density at radius 2 is 1.83 bits per heavy atom. The van der Waals surface area contributed by atoms with Crippen LogP contribution in [0.4, 0.5) is 0 Å². The molecule has 7 heteroatoms. The Hall–Kier alpha value is -3.29. The quantitative estimate of drug-likeness (QED) is 0.577. The predicted molar refractivity (Wildman–Crippen MR) is 138 cm³/mol. The third-order valence-electron chi connectivity index (χ3n) is 8.05. The highest BCUT2D eigenvalue weighted by molar-refractivity contribution is 5.84. The largest absolute Gasteiger partial charge is 0.370 e. The van der Waals surface area contributed by atoms with Crippen molar-refractivity contribution >= 4 is 22.7 Å². The van der Waals surface area contributed by atoms with Crippen molar-refractivity contribution in [3.8, 4) is 11.1 Å². The van der Waals surface area contributed by atoms with Gasteiger partial charge in [0.25, 0.3) is 0 Å². The Bertz CT molecular complexity index is 1280. The van der Waals surface area contributed by atoms with Crippen LogP contribution in [0.25, 0.3) is 22.0 Å². The molecule has 2 aliphatic heterocycles. The molecule has 3 fully saturated rings. The second-order valence-corrected chi connectivity index (χ2v) is 10.5. The summed E-state index contributed by atoms with van der Waals surface area (Å²) in [6, 6.07) is 19.1. The van der Waals surface area contributed by atoms with Gasteiger partial charge in [-0.2, -0.15) is 0 Å². The zero-order valence-electron chi connectivity index (χ0n) is 20.4. The molecule has 7 nitrogen and oxygen atoms in total. The zero-order valence-corrected chi connectivity index (χ0v) is 20.4. The molecule has 2 N–H and O–H groups in total. The minimum atomic E-state index is -0.301. The molecule has 1 unspecified atom stereocenters. The summed E-state index contributed by atoms with van der Waals surface area (Å²) in [5.41, 5.74) is 9.70. The zero-order chi connectivity index (χ0) is 24.7. The van der Waals surface area contributed by atoms with Gasteiger partial charge in [-0.1, -0.05) is 42.5 Å². The van der Waals surface area contributed by atoms with Gasteiger partial charge in [-0.3, -0.25) is 19.5 Å². The molecule has 2 saturated heterocycles. The molecule has 3 aromatic rings. The van der Waals surface area contributed by atoms with Gasteiger partial charge in [0.15, 0.2) is 0 Å². The van der Waals surface area contributed by atoms with Crippen LogP contribution >= 0.6 is 0 Å². The first kappa shape index (κ1) is 23.1. The lowest BCUT2D eigenvalue weighted by molar-refractivity contribution is -0.173. The molecule has 2 amide bonds. The maximum absolute atomic E-state index is 12.3. The van der Waals surface area contributed by atoms with E-state index in [4.69, 9.17) is 10.5 Å². The maximum Gasteiger partial charge on any atom is 0.248 e. The number of likely N-dealkylation sites (tertiary alicyclic amines) is 1. The maximum atomic E-state index is 12.3. The molecular weight excluding hydrogens is 452 g/mol. The van der Waals surface area contributed by atoms with Gasteiger partial charge in [-0.25, -0.2) is 0 Å². The van der Waals surface area contributed by atoms with Crippen molar-refractivity contribution in [2.75, 3.05) is 26.2 Å². The predicted octanol–water partition coefficient (Wildman–Crippen LogP) is 3.67. The van der Waals surface area contributed by atoms with Crippen LogP contribution < -0.4 is 5.73 Å². The van der Waals surface area contributed by atoms with Gasteiger partial charge in [0.05, 0.1) is 17.7 Å². The Morgan fingerprint density at radius 3 is 2.56 bits per heavy atom. The summed E-state index contributed by atoms with van der Waals surface area (Å²) in [7, 11) is 0. The molecule has 1 atom stereocenters. The van der Waals surface area contributed by atoms with Crippen LogP contribution in [-0.4, -0.2) is 64.5 Å². The van der Waals surface area contributed by atoms with Crippen molar-refractivity contribution in [3.05, 3.63) is 66.4 Å². The molecule has 0 bridgehead atoms. The van der Waals surface area contributed by atoms with Crippen molar-refractivity contribution in [2.45, 2.75) is 49.8 Å².